The standard InChI is InChI=1S/C15H20N2O/c1-12-4-3-5-13(10-16)14(12)17-11-15(2)6-8-18-9-7-15/h3-5,17H,6-9,11H2,1-2H3. The summed E-state index contributed by atoms with van der Waals surface area (Å²) < 4.78 is 5.41. The van der Waals surface area contributed by atoms with E-state index in [0.717, 1.165) is 49.4 Å². The normalized spacial score (nSPS) is 18.1. The van der Waals surface area contributed by atoms with E-state index in [4.69, 9.17) is 10.00 Å². The highest BCUT2D eigenvalue weighted by Gasteiger charge is 2.27. The van der Waals surface area contributed by atoms with Crippen molar-refractivity contribution in [1.82, 2.24) is 0 Å². The van der Waals surface area contributed by atoms with E-state index < -0.39 is 0 Å². The van der Waals surface area contributed by atoms with Crippen molar-refractivity contribution in [2.75, 3.05) is 25.1 Å². The quantitative estimate of drug-likeness (QED) is 0.888. The fourth-order valence-electron chi connectivity index (χ4n) is 2.34. The van der Waals surface area contributed by atoms with Crippen molar-refractivity contribution in [2.24, 2.45) is 5.41 Å². The lowest BCUT2D eigenvalue weighted by molar-refractivity contribution is 0.0300. The van der Waals surface area contributed by atoms with Gasteiger partial charge in [-0.15, -0.1) is 0 Å². The van der Waals surface area contributed by atoms with Crippen molar-refractivity contribution < 1.29 is 4.74 Å². The molecule has 1 aliphatic heterocycles. The topological polar surface area (TPSA) is 45.0 Å². The second kappa shape index (κ2) is 5.41. The summed E-state index contributed by atoms with van der Waals surface area (Å²) in [7, 11) is 0. The van der Waals surface area contributed by atoms with Gasteiger partial charge in [-0.2, -0.15) is 5.26 Å². The van der Waals surface area contributed by atoms with Gasteiger partial charge >= 0.3 is 0 Å². The number of hydrogen-bond donors (Lipinski definition) is 1. The minimum absolute atomic E-state index is 0.271. The third-order valence-electron chi connectivity index (χ3n) is 3.79. The molecule has 0 aromatic heterocycles. The van der Waals surface area contributed by atoms with Gasteiger partial charge < -0.3 is 10.1 Å². The molecule has 0 spiro atoms. The summed E-state index contributed by atoms with van der Waals surface area (Å²) in [5.74, 6) is 0. The van der Waals surface area contributed by atoms with E-state index >= 15 is 0 Å². The van der Waals surface area contributed by atoms with Gasteiger partial charge in [0, 0.05) is 19.8 Å². The Balaban J connectivity index is 2.08. The third-order valence-corrected chi connectivity index (χ3v) is 3.79. The fraction of sp³-hybridized carbons (Fsp3) is 0.533. The fourth-order valence-corrected chi connectivity index (χ4v) is 2.34. The Morgan fingerprint density at radius 1 is 1.39 bits per heavy atom. The zero-order valence-electron chi connectivity index (χ0n) is 11.1. The van der Waals surface area contributed by atoms with Crippen LogP contribution in [0.15, 0.2) is 18.2 Å². The van der Waals surface area contributed by atoms with Gasteiger partial charge in [0.05, 0.1) is 11.3 Å². The smallest absolute Gasteiger partial charge is 0.101 e. The van der Waals surface area contributed by atoms with Gasteiger partial charge in [-0.25, -0.2) is 0 Å². The molecule has 1 aliphatic rings. The van der Waals surface area contributed by atoms with Crippen LogP contribution < -0.4 is 5.32 Å². The van der Waals surface area contributed by atoms with Gasteiger partial charge in [0.15, 0.2) is 0 Å². The summed E-state index contributed by atoms with van der Waals surface area (Å²) in [4.78, 5) is 0. The summed E-state index contributed by atoms with van der Waals surface area (Å²) in [6, 6.07) is 8.08. The summed E-state index contributed by atoms with van der Waals surface area (Å²) in [6.45, 7) is 6.91. The number of ether oxygens (including phenoxy) is 1. The lowest BCUT2D eigenvalue weighted by Gasteiger charge is -2.34. The lowest BCUT2D eigenvalue weighted by Crippen LogP contribution is -2.33. The molecule has 1 aromatic rings. The predicted octanol–water partition coefficient (Wildman–Crippen LogP) is 3.10. The van der Waals surface area contributed by atoms with E-state index in [1.54, 1.807) is 0 Å². The molecule has 2 rings (SSSR count). The Kier molecular flexibility index (Phi) is 3.88. The number of benzene rings is 1. The first kappa shape index (κ1) is 12.9. The summed E-state index contributed by atoms with van der Waals surface area (Å²) >= 11 is 0. The molecule has 3 heteroatoms. The second-order valence-electron chi connectivity index (χ2n) is 5.39. The van der Waals surface area contributed by atoms with Gasteiger partial charge in [0.25, 0.3) is 0 Å². The van der Waals surface area contributed by atoms with Gasteiger partial charge in [-0.05, 0) is 36.8 Å². The van der Waals surface area contributed by atoms with Crippen molar-refractivity contribution in [3.05, 3.63) is 29.3 Å². The second-order valence-corrected chi connectivity index (χ2v) is 5.39. The van der Waals surface area contributed by atoms with Crippen LogP contribution in [-0.2, 0) is 4.74 Å². The van der Waals surface area contributed by atoms with Crippen molar-refractivity contribution in [3.63, 3.8) is 0 Å². The Morgan fingerprint density at radius 2 is 2.11 bits per heavy atom. The van der Waals surface area contributed by atoms with Crippen molar-refractivity contribution in [2.45, 2.75) is 26.7 Å². The zero-order valence-corrected chi connectivity index (χ0v) is 11.1. The van der Waals surface area contributed by atoms with Gasteiger partial charge in [0.2, 0.25) is 0 Å². The van der Waals surface area contributed by atoms with Crippen LogP contribution in [0.5, 0.6) is 0 Å². The lowest BCUT2D eigenvalue weighted by atomic mass is 9.82. The Labute approximate surface area is 109 Å². The molecule has 1 aromatic carbocycles. The van der Waals surface area contributed by atoms with Crippen LogP contribution in [0.1, 0.15) is 30.9 Å². The molecule has 1 N–H and O–H groups in total. The number of anilines is 1. The van der Waals surface area contributed by atoms with Crippen LogP contribution in [0, 0.1) is 23.7 Å². The molecule has 1 saturated heterocycles. The van der Waals surface area contributed by atoms with E-state index in [1.807, 2.05) is 25.1 Å². The maximum absolute atomic E-state index is 9.13. The number of rotatable bonds is 3. The molecule has 96 valence electrons. The molecular formula is C15H20N2O. The van der Waals surface area contributed by atoms with Gasteiger partial charge in [0.1, 0.15) is 6.07 Å². The molecule has 3 nitrogen and oxygen atoms in total. The average molecular weight is 244 g/mol. The van der Waals surface area contributed by atoms with E-state index in [9.17, 15) is 0 Å². The minimum atomic E-state index is 0.271. The first-order chi connectivity index (χ1) is 8.64. The van der Waals surface area contributed by atoms with E-state index in [1.165, 1.54) is 0 Å². The third kappa shape index (κ3) is 2.83. The molecule has 0 atom stereocenters. The molecule has 1 heterocycles. The van der Waals surface area contributed by atoms with Crippen LogP contribution in [-0.4, -0.2) is 19.8 Å². The maximum Gasteiger partial charge on any atom is 0.101 e. The predicted molar refractivity (Wildman–Crippen MR) is 72.5 cm³/mol. The maximum atomic E-state index is 9.13. The molecule has 0 saturated carbocycles. The first-order valence-electron chi connectivity index (χ1n) is 6.46. The van der Waals surface area contributed by atoms with Crippen molar-refractivity contribution >= 4 is 5.69 Å². The minimum Gasteiger partial charge on any atom is -0.383 e. The van der Waals surface area contributed by atoms with Gasteiger partial charge in [-0.1, -0.05) is 19.1 Å². The summed E-state index contributed by atoms with van der Waals surface area (Å²) in [5, 5.41) is 12.6. The van der Waals surface area contributed by atoms with Crippen LogP contribution in [0.2, 0.25) is 0 Å². The largest absolute Gasteiger partial charge is 0.383 e. The highest BCUT2D eigenvalue weighted by atomic mass is 16.5. The van der Waals surface area contributed by atoms with Crippen LogP contribution >= 0.6 is 0 Å². The molecule has 1 fully saturated rings. The number of nitrogens with one attached hydrogen (secondary N) is 1. The monoisotopic (exact) mass is 244 g/mol. The van der Waals surface area contributed by atoms with Crippen LogP contribution in [0.25, 0.3) is 0 Å². The average Bonchev–Trinajstić information content (AvgIpc) is 2.38. The number of hydrogen-bond acceptors (Lipinski definition) is 3. The number of aryl methyl sites for hydroxylation is 1. The van der Waals surface area contributed by atoms with Crippen LogP contribution in [0.4, 0.5) is 5.69 Å². The van der Waals surface area contributed by atoms with Crippen molar-refractivity contribution in [1.29, 1.82) is 5.26 Å². The summed E-state index contributed by atoms with van der Waals surface area (Å²) in [5.41, 5.74) is 3.11. The van der Waals surface area contributed by atoms with Crippen LogP contribution in [0.3, 0.4) is 0 Å². The Morgan fingerprint density at radius 3 is 2.78 bits per heavy atom. The van der Waals surface area contributed by atoms with E-state index in [0.29, 0.717) is 0 Å². The highest BCUT2D eigenvalue weighted by molar-refractivity contribution is 5.62. The summed E-state index contributed by atoms with van der Waals surface area (Å²) in [6.07, 6.45) is 2.15. The molecule has 0 unspecified atom stereocenters. The molecule has 0 aliphatic carbocycles. The molecule has 0 radical (unpaired) electrons. The number of nitriles is 1. The molecule has 18 heavy (non-hydrogen) atoms. The van der Waals surface area contributed by atoms with Crippen molar-refractivity contribution in [3.8, 4) is 6.07 Å². The number of para-hydroxylation sites is 1. The molecular weight excluding hydrogens is 224 g/mol. The SMILES string of the molecule is Cc1cccc(C#N)c1NCC1(C)CCOCC1. The Hall–Kier alpha value is -1.53. The van der Waals surface area contributed by atoms with Gasteiger partial charge in [-0.3, -0.25) is 0 Å². The van der Waals surface area contributed by atoms with E-state index in [-0.39, 0.29) is 5.41 Å². The Bertz CT molecular complexity index is 456. The molecule has 0 bridgehead atoms. The zero-order chi connectivity index (χ0) is 13.0. The molecule has 0 amide bonds. The van der Waals surface area contributed by atoms with E-state index in [2.05, 4.69) is 18.3 Å². The first-order valence-corrected chi connectivity index (χ1v) is 6.46. The highest BCUT2D eigenvalue weighted by Crippen LogP contribution is 2.31. The number of nitrogens with zero attached hydrogens (tertiary/aromatic N) is 1.